The molecular formula is C40H52N4O3. The maximum Gasteiger partial charge on any atom is 0.253 e. The predicted molar refractivity (Wildman–Crippen MR) is 188 cm³/mol. The van der Waals surface area contributed by atoms with Crippen molar-refractivity contribution in [3.05, 3.63) is 72.1 Å². The summed E-state index contributed by atoms with van der Waals surface area (Å²) in [5.41, 5.74) is 5.71. The zero-order chi connectivity index (χ0) is 32.5. The Labute approximate surface area is 281 Å². The van der Waals surface area contributed by atoms with Crippen molar-refractivity contribution in [2.45, 2.75) is 71.9 Å². The largest absolute Gasteiger partial charge is 0.492 e. The highest BCUT2D eigenvalue weighted by Crippen LogP contribution is 2.60. The van der Waals surface area contributed by atoms with Gasteiger partial charge in [0.2, 0.25) is 0 Å². The average Bonchev–Trinajstić information content (AvgIpc) is 3.04. The lowest BCUT2D eigenvalue weighted by atomic mass is 9.49. The molecule has 0 radical (unpaired) electrons. The van der Waals surface area contributed by atoms with Gasteiger partial charge in [0.15, 0.2) is 0 Å². The van der Waals surface area contributed by atoms with Crippen LogP contribution in [-0.4, -0.2) is 73.2 Å². The Kier molecular flexibility index (Phi) is 9.19. The summed E-state index contributed by atoms with van der Waals surface area (Å²) in [6, 6.07) is 16.9. The number of nitrogens with zero attached hydrogens (tertiary/aromatic N) is 4. The first kappa shape index (κ1) is 32.0. The maximum atomic E-state index is 13.5. The number of ether oxygens (including phenoxy) is 2. The molecule has 1 amide bonds. The highest BCUT2D eigenvalue weighted by Gasteiger charge is 2.51. The highest BCUT2D eigenvalue weighted by atomic mass is 16.5. The molecule has 0 unspecified atom stereocenters. The monoisotopic (exact) mass is 636 g/mol. The summed E-state index contributed by atoms with van der Waals surface area (Å²) in [5.74, 6) is 4.55. The average molecular weight is 637 g/mol. The quantitative estimate of drug-likeness (QED) is 0.217. The van der Waals surface area contributed by atoms with Gasteiger partial charge in [-0.2, -0.15) is 0 Å². The van der Waals surface area contributed by atoms with Crippen molar-refractivity contribution in [3.63, 3.8) is 0 Å². The van der Waals surface area contributed by atoms with Gasteiger partial charge >= 0.3 is 0 Å². The van der Waals surface area contributed by atoms with Gasteiger partial charge < -0.3 is 19.3 Å². The first-order valence-corrected chi connectivity index (χ1v) is 18.0. The van der Waals surface area contributed by atoms with Crippen molar-refractivity contribution in [1.29, 1.82) is 0 Å². The molecule has 0 atom stereocenters. The third kappa shape index (κ3) is 7.30. The van der Waals surface area contributed by atoms with Gasteiger partial charge in [0.05, 0.1) is 18.9 Å². The summed E-state index contributed by atoms with van der Waals surface area (Å²) in [5, 5.41) is 0. The van der Waals surface area contributed by atoms with E-state index in [0.29, 0.717) is 12.0 Å². The number of carbonyl (C=O) groups excluding carboxylic acids is 1. The zero-order valence-corrected chi connectivity index (χ0v) is 28.8. The number of rotatable bonds is 11. The normalized spacial score (nSPS) is 25.3. The Hall–Kier alpha value is -3.58. The number of piperazine rings is 1. The molecule has 0 spiro atoms. The second-order valence-corrected chi connectivity index (χ2v) is 15.3. The van der Waals surface area contributed by atoms with Crippen LogP contribution in [0.5, 0.6) is 11.5 Å². The molecule has 3 aromatic rings. The molecule has 7 nitrogen and oxygen atoms in total. The lowest BCUT2D eigenvalue weighted by molar-refractivity contribution is -0.0629. The van der Waals surface area contributed by atoms with Gasteiger partial charge in [-0.25, -0.2) is 0 Å². The molecule has 4 aliphatic carbocycles. The van der Waals surface area contributed by atoms with Crippen molar-refractivity contribution in [3.8, 4) is 22.6 Å². The van der Waals surface area contributed by atoms with E-state index in [9.17, 15) is 4.79 Å². The Morgan fingerprint density at radius 2 is 1.55 bits per heavy atom. The molecule has 2 heterocycles. The van der Waals surface area contributed by atoms with Crippen LogP contribution in [0.15, 0.2) is 60.9 Å². The summed E-state index contributed by atoms with van der Waals surface area (Å²) >= 11 is 0. The Morgan fingerprint density at radius 3 is 2.19 bits per heavy atom. The Bertz CT molecular complexity index is 1510. The van der Waals surface area contributed by atoms with Gasteiger partial charge in [-0.15, -0.1) is 0 Å². The summed E-state index contributed by atoms with van der Waals surface area (Å²) in [4.78, 5) is 24.9. The second kappa shape index (κ2) is 13.5. The number of hydrogen-bond acceptors (Lipinski definition) is 6. The highest BCUT2D eigenvalue weighted by molar-refractivity contribution is 5.94. The van der Waals surface area contributed by atoms with Crippen molar-refractivity contribution >= 4 is 11.6 Å². The fraction of sp³-hybridized carbons (Fsp3) is 0.550. The minimum Gasteiger partial charge on any atom is -0.492 e. The molecule has 8 rings (SSSR count). The van der Waals surface area contributed by atoms with E-state index >= 15 is 0 Å². The molecule has 5 fully saturated rings. The van der Waals surface area contributed by atoms with Crippen LogP contribution < -0.4 is 14.4 Å². The molecule has 1 saturated heterocycles. The summed E-state index contributed by atoms with van der Waals surface area (Å²) in [6.07, 6.45) is 12.1. The van der Waals surface area contributed by atoms with E-state index in [1.807, 2.05) is 43.3 Å². The minimum absolute atomic E-state index is 0.0957. The van der Waals surface area contributed by atoms with Crippen molar-refractivity contribution in [2.75, 3.05) is 51.3 Å². The second-order valence-electron chi connectivity index (χ2n) is 15.3. The molecule has 250 valence electrons. The van der Waals surface area contributed by atoms with E-state index in [0.717, 1.165) is 85.2 Å². The lowest BCUT2D eigenvalue weighted by Gasteiger charge is -2.57. The van der Waals surface area contributed by atoms with Gasteiger partial charge in [-0.3, -0.25) is 14.7 Å². The predicted octanol–water partition coefficient (Wildman–Crippen LogP) is 7.55. The van der Waals surface area contributed by atoms with E-state index in [2.05, 4.69) is 59.0 Å². The molecule has 0 N–H and O–H groups in total. The molecule has 4 bridgehead atoms. The molecule has 5 aliphatic rings. The van der Waals surface area contributed by atoms with Gasteiger partial charge in [0.25, 0.3) is 5.91 Å². The molecule has 1 aromatic heterocycles. The molecular weight excluding hydrogens is 584 g/mol. The maximum absolute atomic E-state index is 13.5. The van der Waals surface area contributed by atoms with E-state index in [4.69, 9.17) is 9.47 Å². The smallest absolute Gasteiger partial charge is 0.253 e. The fourth-order valence-corrected chi connectivity index (χ4v) is 9.60. The first-order valence-electron chi connectivity index (χ1n) is 18.0. The van der Waals surface area contributed by atoms with Crippen LogP contribution in [-0.2, 0) is 6.54 Å². The van der Waals surface area contributed by atoms with E-state index < -0.39 is 0 Å². The van der Waals surface area contributed by atoms with Crippen molar-refractivity contribution < 1.29 is 14.3 Å². The van der Waals surface area contributed by atoms with Crippen LogP contribution in [0.25, 0.3) is 11.1 Å². The fourth-order valence-electron chi connectivity index (χ4n) is 9.60. The number of pyridine rings is 1. The number of hydrogen-bond donors (Lipinski definition) is 0. The first-order chi connectivity index (χ1) is 22.7. The van der Waals surface area contributed by atoms with Gasteiger partial charge in [-0.05, 0) is 142 Å². The number of carbonyl (C=O) groups is 1. The van der Waals surface area contributed by atoms with Gasteiger partial charge in [-0.1, -0.05) is 0 Å². The number of anilines is 1. The third-order valence-corrected chi connectivity index (χ3v) is 11.0. The standard InChI is InChI=1S/C40H52N4O3/c1-5-46-38-20-35(24-41-25-38)34-17-32(18-37(19-34)47-28(2)3)26-43-10-12-44(13-11-43)36-8-6-33(7-9-36)39(45)42(4)27-40-21-29-14-30(22-40)16-31(15-29)23-40/h6-9,17-20,24-25,28-31H,5,10-16,21-23,26-27H2,1-4H3. The van der Waals surface area contributed by atoms with Crippen LogP contribution in [0.4, 0.5) is 5.69 Å². The van der Waals surface area contributed by atoms with Crippen LogP contribution in [0.1, 0.15) is 75.2 Å². The van der Waals surface area contributed by atoms with Crippen LogP contribution in [0.2, 0.25) is 0 Å². The summed E-state index contributed by atoms with van der Waals surface area (Å²) in [7, 11) is 2.02. The number of amides is 1. The summed E-state index contributed by atoms with van der Waals surface area (Å²) < 4.78 is 11.9. The number of benzene rings is 2. The zero-order valence-electron chi connectivity index (χ0n) is 28.8. The van der Waals surface area contributed by atoms with E-state index in [1.54, 1.807) is 6.20 Å². The molecule has 2 aromatic carbocycles. The van der Waals surface area contributed by atoms with Crippen LogP contribution in [0, 0.1) is 23.2 Å². The topological polar surface area (TPSA) is 58.1 Å². The Morgan fingerprint density at radius 1 is 0.894 bits per heavy atom. The van der Waals surface area contributed by atoms with Crippen LogP contribution >= 0.6 is 0 Å². The minimum atomic E-state index is 0.0957. The van der Waals surface area contributed by atoms with E-state index in [1.165, 1.54) is 49.8 Å². The van der Waals surface area contributed by atoms with Crippen LogP contribution in [0.3, 0.4) is 0 Å². The third-order valence-electron chi connectivity index (χ3n) is 11.0. The molecule has 1 aliphatic heterocycles. The molecule has 4 saturated carbocycles. The van der Waals surface area contributed by atoms with E-state index in [-0.39, 0.29) is 12.0 Å². The van der Waals surface area contributed by atoms with Crippen molar-refractivity contribution in [2.24, 2.45) is 23.2 Å². The summed E-state index contributed by atoms with van der Waals surface area (Å²) in [6.45, 7) is 12.4. The van der Waals surface area contributed by atoms with Crippen molar-refractivity contribution in [1.82, 2.24) is 14.8 Å². The SMILES string of the molecule is CCOc1cncc(-c2cc(CN3CCN(c4ccc(C(=O)N(C)CC56CC7CC(CC(C7)C5)C6)cc4)CC3)cc(OC(C)C)c2)c1. The molecule has 7 heteroatoms. The number of aromatic nitrogens is 1. The van der Waals surface area contributed by atoms with Gasteiger partial charge in [0.1, 0.15) is 11.5 Å². The lowest BCUT2D eigenvalue weighted by Crippen LogP contribution is -2.51. The molecule has 47 heavy (non-hydrogen) atoms. The van der Waals surface area contributed by atoms with Gasteiger partial charge in [0, 0.05) is 69.3 Å². The Balaban J connectivity index is 0.957.